The molecular formula is C30H33F3N4O6S. The van der Waals surface area contributed by atoms with Crippen LogP contribution in [0.25, 0.3) is 0 Å². The molecule has 0 saturated carbocycles. The molecule has 44 heavy (non-hydrogen) atoms. The summed E-state index contributed by atoms with van der Waals surface area (Å²) >= 11 is 0. The van der Waals surface area contributed by atoms with E-state index in [1.807, 2.05) is 0 Å². The van der Waals surface area contributed by atoms with E-state index in [-0.39, 0.29) is 27.5 Å². The molecule has 0 unspecified atom stereocenters. The maximum absolute atomic E-state index is 13.4. The second-order valence-electron chi connectivity index (χ2n) is 10.5. The van der Waals surface area contributed by atoms with Crippen LogP contribution in [0.3, 0.4) is 0 Å². The Labute approximate surface area is 254 Å². The van der Waals surface area contributed by atoms with Crippen LogP contribution in [0.4, 0.5) is 18.9 Å². The monoisotopic (exact) mass is 634 g/mol. The van der Waals surface area contributed by atoms with E-state index in [0.717, 1.165) is 36.4 Å². The molecule has 2 aromatic carbocycles. The van der Waals surface area contributed by atoms with Gasteiger partial charge in [-0.1, -0.05) is 6.42 Å². The van der Waals surface area contributed by atoms with Gasteiger partial charge in [-0.3, -0.25) is 9.59 Å². The van der Waals surface area contributed by atoms with E-state index in [1.54, 1.807) is 12.1 Å². The third kappa shape index (κ3) is 6.74. The number of alkyl halides is 3. The fourth-order valence-corrected chi connectivity index (χ4v) is 6.94. The number of halogens is 3. The Balaban J connectivity index is 1.27. The van der Waals surface area contributed by atoms with E-state index >= 15 is 0 Å². The van der Waals surface area contributed by atoms with Gasteiger partial charge in [0.1, 0.15) is 16.4 Å². The number of hydrogen-bond acceptors (Lipinski definition) is 8. The number of carbonyl (C=O) groups excluding carboxylic acids is 2. The summed E-state index contributed by atoms with van der Waals surface area (Å²) < 4.78 is 78.7. The molecule has 0 aromatic heterocycles. The van der Waals surface area contributed by atoms with Crippen LogP contribution < -0.4 is 14.4 Å². The number of benzene rings is 2. The molecule has 0 spiro atoms. The van der Waals surface area contributed by atoms with Gasteiger partial charge in [-0.05, 0) is 63.1 Å². The van der Waals surface area contributed by atoms with E-state index in [2.05, 4.69) is 4.90 Å². The number of anilines is 1. The van der Waals surface area contributed by atoms with Gasteiger partial charge in [0.25, 0.3) is 11.8 Å². The molecule has 2 heterocycles. The van der Waals surface area contributed by atoms with Crippen LogP contribution in [-0.4, -0.2) is 76.4 Å². The lowest BCUT2D eigenvalue weighted by Crippen LogP contribution is -2.48. The summed E-state index contributed by atoms with van der Waals surface area (Å²) in [5.41, 5.74) is -1.57. The van der Waals surface area contributed by atoms with Gasteiger partial charge in [-0.25, -0.2) is 13.3 Å². The summed E-state index contributed by atoms with van der Waals surface area (Å²) in [5, 5.41) is 9.03. The Hall–Kier alpha value is -3.93. The van der Waals surface area contributed by atoms with E-state index in [4.69, 9.17) is 14.7 Å². The van der Waals surface area contributed by atoms with Gasteiger partial charge in [-0.15, -0.1) is 0 Å². The third-order valence-electron chi connectivity index (χ3n) is 7.85. The molecule has 236 valence electrons. The average Bonchev–Trinajstić information content (AvgIpc) is 3.22. The van der Waals surface area contributed by atoms with Crippen molar-refractivity contribution in [2.75, 3.05) is 51.8 Å². The molecule has 4 rings (SSSR count). The Morgan fingerprint density at radius 2 is 1.64 bits per heavy atom. The van der Waals surface area contributed by atoms with Crippen molar-refractivity contribution in [2.45, 2.75) is 43.7 Å². The number of piperazine rings is 1. The summed E-state index contributed by atoms with van der Waals surface area (Å²) in [7, 11) is -0.916. The van der Waals surface area contributed by atoms with Gasteiger partial charge in [0.05, 0.1) is 37.1 Å². The lowest BCUT2D eigenvalue weighted by atomic mass is 10.0. The van der Waals surface area contributed by atoms with Crippen molar-refractivity contribution in [1.29, 1.82) is 5.26 Å². The molecule has 2 aliphatic heterocycles. The van der Waals surface area contributed by atoms with Crippen LogP contribution in [0.1, 0.15) is 43.7 Å². The smallest absolute Gasteiger partial charge is 0.417 e. The largest absolute Gasteiger partial charge is 0.497 e. The number of amides is 2. The van der Waals surface area contributed by atoms with Crippen LogP contribution in [-0.2, 0) is 25.8 Å². The summed E-state index contributed by atoms with van der Waals surface area (Å²) in [6, 6.07) is 8.90. The average molecular weight is 635 g/mol. The highest BCUT2D eigenvalue weighted by molar-refractivity contribution is 7.89. The highest BCUT2D eigenvalue weighted by atomic mass is 32.2. The normalized spacial score (nSPS) is 16.9. The molecule has 2 aromatic rings. The number of ether oxygens (including phenoxy) is 2. The van der Waals surface area contributed by atoms with Gasteiger partial charge >= 0.3 is 6.18 Å². The first-order valence-corrected chi connectivity index (χ1v) is 15.4. The number of unbranched alkanes of at least 4 members (excludes halogenated alkanes) is 2. The molecular weight excluding hydrogens is 601 g/mol. The lowest BCUT2D eigenvalue weighted by Gasteiger charge is -2.34. The molecule has 0 radical (unpaired) electrons. The number of sulfonamides is 1. The van der Waals surface area contributed by atoms with Gasteiger partial charge in [0.2, 0.25) is 10.0 Å². The van der Waals surface area contributed by atoms with Crippen molar-refractivity contribution in [3.8, 4) is 17.6 Å². The highest BCUT2D eigenvalue weighted by Crippen LogP contribution is 2.37. The molecule has 14 heteroatoms. The predicted octanol–water partition coefficient (Wildman–Crippen LogP) is 4.35. The zero-order valence-electron chi connectivity index (χ0n) is 24.6. The minimum absolute atomic E-state index is 0.0517. The zero-order chi connectivity index (χ0) is 32.2. The summed E-state index contributed by atoms with van der Waals surface area (Å²) in [5.74, 6) is -0.681. The predicted molar refractivity (Wildman–Crippen MR) is 155 cm³/mol. The van der Waals surface area contributed by atoms with E-state index in [0.29, 0.717) is 50.8 Å². The number of nitrogens with zero attached hydrogens (tertiary/aromatic N) is 4. The molecule has 2 amide bonds. The molecule has 0 atom stereocenters. The van der Waals surface area contributed by atoms with Crippen LogP contribution in [0, 0.1) is 11.3 Å². The minimum atomic E-state index is -4.82. The fraction of sp³-hybridized carbons (Fsp3) is 0.433. The van der Waals surface area contributed by atoms with Crippen molar-refractivity contribution >= 4 is 27.5 Å². The number of hydrogen-bond donors (Lipinski definition) is 0. The number of rotatable bonds is 11. The summed E-state index contributed by atoms with van der Waals surface area (Å²) in [6.07, 6.45) is -2.43. The van der Waals surface area contributed by atoms with Crippen molar-refractivity contribution in [3.63, 3.8) is 0 Å². The maximum Gasteiger partial charge on any atom is 0.417 e. The van der Waals surface area contributed by atoms with Crippen LogP contribution in [0.5, 0.6) is 11.5 Å². The Bertz CT molecular complexity index is 1610. The molecule has 0 N–H and O–H groups in total. The second-order valence-corrected chi connectivity index (χ2v) is 12.4. The Kier molecular flexibility index (Phi) is 10.0. The van der Waals surface area contributed by atoms with Crippen molar-refractivity contribution in [2.24, 2.45) is 0 Å². The van der Waals surface area contributed by atoms with Gasteiger partial charge in [0.15, 0.2) is 0 Å². The molecule has 0 bridgehead atoms. The van der Waals surface area contributed by atoms with Crippen molar-refractivity contribution in [3.05, 3.63) is 58.7 Å². The topological polar surface area (TPSA) is 120 Å². The SMILES string of the molecule is COc1ccc(OC)c(S(=O)(=O)N2CCN(CCCCCC3=C(C)C(=O)N(c4ccc(C#N)c(C(F)(F)F)c4)C3=O)CC2)c1. The van der Waals surface area contributed by atoms with Crippen molar-refractivity contribution in [1.82, 2.24) is 9.21 Å². The third-order valence-corrected chi connectivity index (χ3v) is 9.77. The minimum Gasteiger partial charge on any atom is -0.497 e. The fourth-order valence-electron chi connectivity index (χ4n) is 5.35. The second kappa shape index (κ2) is 13.4. The summed E-state index contributed by atoms with van der Waals surface area (Å²) in [4.78, 5) is 28.8. The van der Waals surface area contributed by atoms with Crippen LogP contribution in [0.15, 0.2) is 52.4 Å². The van der Waals surface area contributed by atoms with Crippen LogP contribution >= 0.6 is 0 Å². The number of methoxy groups -OCH3 is 2. The molecule has 0 aliphatic carbocycles. The molecule has 10 nitrogen and oxygen atoms in total. The Morgan fingerprint density at radius 1 is 0.932 bits per heavy atom. The first-order chi connectivity index (χ1) is 20.8. The lowest BCUT2D eigenvalue weighted by molar-refractivity contribution is -0.138. The number of nitriles is 1. The van der Waals surface area contributed by atoms with Gasteiger partial charge < -0.3 is 14.4 Å². The van der Waals surface area contributed by atoms with Gasteiger partial charge in [0, 0.05) is 43.4 Å². The van der Waals surface area contributed by atoms with E-state index in [9.17, 15) is 31.2 Å². The quantitative estimate of drug-likeness (QED) is 0.264. The van der Waals surface area contributed by atoms with Crippen LogP contribution in [0.2, 0.25) is 0 Å². The zero-order valence-corrected chi connectivity index (χ0v) is 25.4. The Morgan fingerprint density at radius 3 is 2.25 bits per heavy atom. The highest BCUT2D eigenvalue weighted by Gasteiger charge is 2.39. The van der Waals surface area contributed by atoms with E-state index in [1.165, 1.54) is 37.6 Å². The first kappa shape index (κ1) is 33.0. The maximum atomic E-state index is 13.4. The van der Waals surface area contributed by atoms with Gasteiger partial charge in [-0.2, -0.15) is 22.7 Å². The first-order valence-electron chi connectivity index (χ1n) is 14.0. The number of carbonyl (C=O) groups is 2. The standard InChI is InChI=1S/C30H33F3N4O6S/c1-20-24(29(39)37(28(20)38)22-9-8-21(19-34)25(17-22)30(31,32)33)7-5-4-6-12-35-13-15-36(16-14-35)44(40,41)27-18-23(42-2)10-11-26(27)43-3/h8-11,17-18H,4-7,12-16H2,1-3H3. The number of imide groups is 1. The molecule has 2 aliphatic rings. The molecule has 1 saturated heterocycles. The summed E-state index contributed by atoms with van der Waals surface area (Å²) in [6.45, 7) is 3.92. The molecule has 1 fully saturated rings. The van der Waals surface area contributed by atoms with E-state index < -0.39 is 39.1 Å². The van der Waals surface area contributed by atoms with Crippen molar-refractivity contribution < 1.29 is 40.7 Å².